The summed E-state index contributed by atoms with van der Waals surface area (Å²) in [6.45, 7) is 2.38. The molecule has 0 bridgehead atoms. The second-order valence-corrected chi connectivity index (χ2v) is 2.44. The molecule has 0 spiro atoms. The molecule has 0 radical (unpaired) electrons. The zero-order chi connectivity index (χ0) is 10.0. The van der Waals surface area contributed by atoms with Gasteiger partial charge in [-0.05, 0) is 6.92 Å². The first kappa shape index (κ1) is 9.17. The smallest absolute Gasteiger partial charge is 0.348 e. The summed E-state index contributed by atoms with van der Waals surface area (Å²) >= 11 is 0. The Kier molecular flexibility index (Phi) is 2.27. The fourth-order valence-corrected chi connectivity index (χ4v) is 0.844. The van der Waals surface area contributed by atoms with Gasteiger partial charge in [0.15, 0.2) is 5.69 Å². The number of nitrogens with two attached hydrogens (primary N) is 3. The van der Waals surface area contributed by atoms with Crippen molar-refractivity contribution in [3.8, 4) is 0 Å². The summed E-state index contributed by atoms with van der Waals surface area (Å²) in [6.07, 6.45) is 0. The first-order chi connectivity index (χ1) is 6.07. The van der Waals surface area contributed by atoms with Crippen molar-refractivity contribution in [1.29, 1.82) is 0 Å². The van der Waals surface area contributed by atoms with Gasteiger partial charge in [0.25, 0.3) is 0 Å². The van der Waals surface area contributed by atoms with Gasteiger partial charge in [0, 0.05) is 6.54 Å². The van der Waals surface area contributed by atoms with Gasteiger partial charge in [0.05, 0.1) is 0 Å². The fraction of sp³-hybridized carbons (Fsp3) is 0.333. The largest absolute Gasteiger partial charge is 0.754 e. The molecule has 0 aliphatic rings. The third kappa shape index (κ3) is 1.48. The van der Waals surface area contributed by atoms with Crippen molar-refractivity contribution in [2.45, 2.75) is 6.92 Å². The molecular formula is C6H12N6O. The lowest BCUT2D eigenvalue weighted by Crippen LogP contribution is -2.37. The van der Waals surface area contributed by atoms with Crippen LogP contribution in [0.1, 0.15) is 6.92 Å². The minimum atomic E-state index is -0.136. The van der Waals surface area contributed by atoms with Gasteiger partial charge in [-0.1, -0.05) is 4.98 Å². The maximum absolute atomic E-state index is 11.3. The molecule has 0 aliphatic heterocycles. The topological polar surface area (TPSA) is 130 Å². The molecule has 0 unspecified atom stereocenters. The first-order valence-corrected chi connectivity index (χ1v) is 3.75. The monoisotopic (exact) mass is 184 g/mol. The fourth-order valence-electron chi connectivity index (χ4n) is 0.844. The molecule has 0 aliphatic carbocycles. The Hall–Kier alpha value is -1.92. The van der Waals surface area contributed by atoms with Crippen LogP contribution in [0.25, 0.3) is 0 Å². The van der Waals surface area contributed by atoms with Crippen LogP contribution in [0, 0.1) is 5.21 Å². The Morgan fingerprint density at radius 1 is 1.46 bits per heavy atom. The van der Waals surface area contributed by atoms with Crippen molar-refractivity contribution < 1.29 is 4.73 Å². The number of nitrogens with one attached hydrogen (secondary N) is 1. The number of rotatable bonds is 2. The van der Waals surface area contributed by atoms with Crippen molar-refractivity contribution in [2.24, 2.45) is 0 Å². The molecule has 0 aromatic carbocycles. The van der Waals surface area contributed by atoms with Crippen molar-refractivity contribution in [3.05, 3.63) is 5.21 Å². The average Bonchev–Trinajstić information content (AvgIpc) is 2.11. The van der Waals surface area contributed by atoms with Gasteiger partial charge in [-0.3, -0.25) is 5.32 Å². The van der Waals surface area contributed by atoms with Gasteiger partial charge in [-0.2, -0.15) is 0 Å². The van der Waals surface area contributed by atoms with Gasteiger partial charge >= 0.3 is 5.95 Å². The minimum absolute atomic E-state index is 0.0108. The highest BCUT2D eigenvalue weighted by molar-refractivity contribution is 5.69. The summed E-state index contributed by atoms with van der Waals surface area (Å²) in [5, 5.41) is 14.0. The van der Waals surface area contributed by atoms with E-state index in [4.69, 9.17) is 17.2 Å². The lowest BCUT2D eigenvalue weighted by atomic mass is 10.4. The Morgan fingerprint density at radius 3 is 2.62 bits per heavy atom. The molecule has 1 heterocycles. The molecule has 0 atom stereocenters. The van der Waals surface area contributed by atoms with E-state index < -0.39 is 0 Å². The van der Waals surface area contributed by atoms with Crippen molar-refractivity contribution >= 4 is 23.3 Å². The number of hydrogen-bond acceptors (Lipinski definition) is 6. The molecule has 7 N–H and O–H groups in total. The van der Waals surface area contributed by atoms with E-state index in [0.29, 0.717) is 11.3 Å². The van der Waals surface area contributed by atoms with Crippen LogP contribution in [-0.2, 0) is 0 Å². The van der Waals surface area contributed by atoms with E-state index >= 15 is 0 Å². The highest BCUT2D eigenvalue weighted by atomic mass is 16.5. The van der Waals surface area contributed by atoms with Crippen LogP contribution in [-0.4, -0.2) is 11.5 Å². The van der Waals surface area contributed by atoms with Gasteiger partial charge in [0.1, 0.15) is 0 Å². The molecule has 1 aromatic rings. The minimum Gasteiger partial charge on any atom is -0.754 e. The van der Waals surface area contributed by atoms with Crippen LogP contribution in [0.3, 0.4) is 0 Å². The predicted molar refractivity (Wildman–Crippen MR) is 50.6 cm³/mol. The Balaban J connectivity index is 3.24. The van der Waals surface area contributed by atoms with E-state index in [2.05, 4.69) is 10.3 Å². The molecule has 72 valence electrons. The maximum atomic E-state index is 11.3. The van der Waals surface area contributed by atoms with E-state index in [1.54, 1.807) is 0 Å². The van der Waals surface area contributed by atoms with Crippen LogP contribution in [0.5, 0.6) is 0 Å². The second kappa shape index (κ2) is 3.21. The summed E-state index contributed by atoms with van der Waals surface area (Å²) in [6, 6.07) is 0. The number of aromatic nitrogens is 2. The number of nitrogen functional groups attached to an aromatic ring is 3. The molecule has 13 heavy (non-hydrogen) atoms. The standard InChI is InChI=1S/C6H12N6O/c1-2-10-6-11-4(8)3(7)5(9)12(6)13/h2,7,9H2,1H3,(H3,8,10,11). The summed E-state index contributed by atoms with van der Waals surface area (Å²) in [5.74, 6) is -0.0179. The van der Waals surface area contributed by atoms with E-state index in [1.807, 2.05) is 6.92 Å². The summed E-state index contributed by atoms with van der Waals surface area (Å²) in [5.41, 5.74) is 16.2. The lowest BCUT2D eigenvalue weighted by Gasteiger charge is -2.13. The molecule has 1 rings (SSSR count). The van der Waals surface area contributed by atoms with Crippen LogP contribution >= 0.6 is 0 Å². The van der Waals surface area contributed by atoms with Gasteiger partial charge in [-0.15, -0.1) is 0 Å². The van der Waals surface area contributed by atoms with E-state index in [0.717, 1.165) is 0 Å². The third-order valence-corrected chi connectivity index (χ3v) is 1.52. The first-order valence-electron chi connectivity index (χ1n) is 3.75. The van der Waals surface area contributed by atoms with E-state index in [1.165, 1.54) is 0 Å². The average molecular weight is 184 g/mol. The summed E-state index contributed by atoms with van der Waals surface area (Å²) < 4.78 is 0.412. The van der Waals surface area contributed by atoms with Crippen molar-refractivity contribution in [3.63, 3.8) is 0 Å². The van der Waals surface area contributed by atoms with Crippen LogP contribution in [0.2, 0.25) is 0 Å². The van der Waals surface area contributed by atoms with E-state index in [-0.39, 0.29) is 23.3 Å². The molecule has 0 saturated heterocycles. The predicted octanol–water partition coefficient (Wildman–Crippen LogP) is -1.11. The molecule has 0 saturated carbocycles. The Bertz CT molecular complexity index is 325. The van der Waals surface area contributed by atoms with Gasteiger partial charge in [0.2, 0.25) is 11.6 Å². The van der Waals surface area contributed by atoms with Crippen LogP contribution in [0.4, 0.5) is 23.3 Å². The molecule has 0 fully saturated rings. The van der Waals surface area contributed by atoms with Gasteiger partial charge in [-0.25, -0.2) is 4.73 Å². The quantitative estimate of drug-likeness (QED) is 0.340. The third-order valence-electron chi connectivity index (χ3n) is 1.52. The summed E-state index contributed by atoms with van der Waals surface area (Å²) in [7, 11) is 0. The van der Waals surface area contributed by atoms with Crippen molar-refractivity contribution in [1.82, 2.24) is 4.98 Å². The molecule has 7 heteroatoms. The molecule has 0 amide bonds. The summed E-state index contributed by atoms with van der Waals surface area (Å²) in [4.78, 5) is 3.73. The second-order valence-electron chi connectivity index (χ2n) is 2.44. The maximum Gasteiger partial charge on any atom is 0.348 e. The Labute approximate surface area is 75.1 Å². The van der Waals surface area contributed by atoms with Crippen molar-refractivity contribution in [2.75, 3.05) is 29.1 Å². The molecule has 1 aromatic heterocycles. The number of nitrogens with zero attached hydrogens (tertiary/aromatic N) is 2. The number of hydrogen-bond donors (Lipinski definition) is 4. The highest BCUT2D eigenvalue weighted by Crippen LogP contribution is 2.17. The zero-order valence-corrected chi connectivity index (χ0v) is 7.24. The molecular weight excluding hydrogens is 172 g/mol. The zero-order valence-electron chi connectivity index (χ0n) is 7.24. The van der Waals surface area contributed by atoms with Crippen LogP contribution in [0.15, 0.2) is 0 Å². The number of anilines is 4. The normalized spacial score (nSPS) is 9.92. The molecule has 7 nitrogen and oxygen atoms in total. The SMILES string of the molecule is CCNc1nc(N)c(N)c(N)[n+]1[O-]. The van der Waals surface area contributed by atoms with E-state index in [9.17, 15) is 5.21 Å². The Morgan fingerprint density at radius 2 is 2.08 bits per heavy atom. The highest BCUT2D eigenvalue weighted by Gasteiger charge is 2.13. The van der Waals surface area contributed by atoms with Crippen LogP contribution < -0.4 is 27.2 Å². The lowest BCUT2D eigenvalue weighted by molar-refractivity contribution is -0.576. The van der Waals surface area contributed by atoms with Gasteiger partial charge < -0.3 is 22.4 Å².